The number of anilines is 1. The minimum absolute atomic E-state index is 0.0847. The van der Waals surface area contributed by atoms with Gasteiger partial charge in [0.1, 0.15) is 23.5 Å². The van der Waals surface area contributed by atoms with E-state index in [1.165, 1.54) is 18.2 Å². The van der Waals surface area contributed by atoms with E-state index in [-0.39, 0.29) is 29.7 Å². The summed E-state index contributed by atoms with van der Waals surface area (Å²) in [6.45, 7) is 5.03. The van der Waals surface area contributed by atoms with Crippen LogP contribution in [0.5, 0.6) is 17.2 Å². The maximum absolute atomic E-state index is 13.3. The minimum atomic E-state index is -3.76. The number of nitrogens with zero attached hydrogens (tertiary/aromatic N) is 1. The fourth-order valence-corrected chi connectivity index (χ4v) is 5.15. The van der Waals surface area contributed by atoms with Crippen LogP contribution in [0.2, 0.25) is 0 Å². The second kappa shape index (κ2) is 6.50. The summed E-state index contributed by atoms with van der Waals surface area (Å²) in [6, 6.07) is 9.15. The first-order valence-corrected chi connectivity index (χ1v) is 10.6. The van der Waals surface area contributed by atoms with Gasteiger partial charge in [0.05, 0.1) is 18.6 Å². The van der Waals surface area contributed by atoms with Crippen LogP contribution in [0.3, 0.4) is 0 Å². The number of carbonyl (C=O) groups is 1. The summed E-state index contributed by atoms with van der Waals surface area (Å²) in [5, 5.41) is 2.79. The number of amides is 1. The molecule has 0 aliphatic carbocycles. The van der Waals surface area contributed by atoms with Crippen LogP contribution in [0.4, 0.5) is 14.5 Å². The Kier molecular flexibility index (Phi) is 4.01. The van der Waals surface area contributed by atoms with Crippen molar-refractivity contribution < 1.29 is 37.3 Å². The van der Waals surface area contributed by atoms with E-state index in [0.717, 1.165) is 5.56 Å². The number of aliphatic imine (C=N–C) groups is 1. The molecule has 6 rings (SSSR count). The van der Waals surface area contributed by atoms with Crippen molar-refractivity contribution >= 4 is 17.6 Å². The lowest BCUT2D eigenvalue weighted by atomic mass is 9.55. The van der Waals surface area contributed by atoms with Gasteiger partial charge in [-0.25, -0.2) is 4.99 Å². The number of rotatable bonds is 2. The predicted molar refractivity (Wildman–Crippen MR) is 114 cm³/mol. The standard InChI is InChI=1S/C23H21F2N3O6/c1-20(2)21(9-30-10-21)22(11-31-19(26)28-22)14-8-13(4-6-15(14)32-20)27-18(29)12-3-5-16-17(7-12)34-23(24,25)33-16/h3-8H,9-11H2,1-2H3,(H2,26,28)(H,27,29). The summed E-state index contributed by atoms with van der Waals surface area (Å²) in [6.07, 6.45) is -3.76. The van der Waals surface area contributed by atoms with Gasteiger partial charge in [-0.1, -0.05) is 0 Å². The molecule has 2 spiro atoms. The van der Waals surface area contributed by atoms with Crippen LogP contribution in [-0.4, -0.2) is 43.6 Å². The van der Waals surface area contributed by atoms with E-state index >= 15 is 0 Å². The lowest BCUT2D eigenvalue weighted by molar-refractivity contribution is -0.286. The fourth-order valence-electron chi connectivity index (χ4n) is 5.15. The summed E-state index contributed by atoms with van der Waals surface area (Å²) >= 11 is 0. The smallest absolute Gasteiger partial charge is 0.487 e. The van der Waals surface area contributed by atoms with Crippen molar-refractivity contribution in [3.05, 3.63) is 47.5 Å². The van der Waals surface area contributed by atoms with E-state index in [1.807, 2.05) is 13.8 Å². The zero-order chi connectivity index (χ0) is 23.9. The van der Waals surface area contributed by atoms with Crippen LogP contribution in [0.25, 0.3) is 0 Å². The largest absolute Gasteiger partial charge is 0.586 e. The minimum Gasteiger partial charge on any atom is -0.487 e. The number of amidine groups is 1. The first-order chi connectivity index (χ1) is 16.0. The van der Waals surface area contributed by atoms with Gasteiger partial charge in [-0.3, -0.25) is 4.79 Å². The second-order valence-electron chi connectivity index (χ2n) is 9.28. The van der Waals surface area contributed by atoms with Crippen molar-refractivity contribution in [2.45, 2.75) is 31.3 Å². The zero-order valence-corrected chi connectivity index (χ0v) is 18.3. The Bertz CT molecular complexity index is 1260. The molecule has 34 heavy (non-hydrogen) atoms. The van der Waals surface area contributed by atoms with E-state index < -0.39 is 28.8 Å². The number of hydrogen-bond acceptors (Lipinski definition) is 8. The Balaban J connectivity index is 1.35. The van der Waals surface area contributed by atoms with Gasteiger partial charge < -0.3 is 34.7 Å². The van der Waals surface area contributed by atoms with Crippen molar-refractivity contribution in [3.63, 3.8) is 0 Å². The van der Waals surface area contributed by atoms with Crippen LogP contribution >= 0.6 is 0 Å². The number of carbonyl (C=O) groups excluding carboxylic acids is 1. The maximum atomic E-state index is 13.3. The van der Waals surface area contributed by atoms with Crippen molar-refractivity contribution in [1.29, 1.82) is 0 Å². The number of fused-ring (bicyclic) bond motifs is 4. The third-order valence-electron chi connectivity index (χ3n) is 7.08. The van der Waals surface area contributed by atoms with Crippen LogP contribution in [0, 0.1) is 5.41 Å². The molecule has 2 aromatic carbocycles. The zero-order valence-electron chi connectivity index (χ0n) is 18.3. The molecule has 0 saturated carbocycles. The Morgan fingerprint density at radius 1 is 1.00 bits per heavy atom. The molecule has 0 bridgehead atoms. The average Bonchev–Trinajstić information content (AvgIpc) is 3.25. The normalized spacial score (nSPS) is 26.2. The first-order valence-electron chi connectivity index (χ1n) is 10.6. The van der Waals surface area contributed by atoms with E-state index in [4.69, 9.17) is 24.9 Å². The van der Waals surface area contributed by atoms with Crippen LogP contribution < -0.4 is 25.3 Å². The van der Waals surface area contributed by atoms with Gasteiger partial charge >= 0.3 is 6.29 Å². The molecule has 4 aliphatic heterocycles. The molecule has 1 fully saturated rings. The fraction of sp³-hybridized carbons (Fsp3) is 0.391. The molecular formula is C23H21F2N3O6. The number of alkyl halides is 2. The van der Waals surface area contributed by atoms with Crippen molar-refractivity contribution in [2.75, 3.05) is 25.1 Å². The highest BCUT2D eigenvalue weighted by Gasteiger charge is 2.71. The molecule has 4 heterocycles. The first kappa shape index (κ1) is 21.0. The van der Waals surface area contributed by atoms with Gasteiger partial charge in [-0.2, -0.15) is 0 Å². The molecule has 1 saturated heterocycles. The molecule has 11 heteroatoms. The number of nitrogens with two attached hydrogens (primary N) is 1. The van der Waals surface area contributed by atoms with E-state index in [1.54, 1.807) is 18.2 Å². The quantitative estimate of drug-likeness (QED) is 0.689. The van der Waals surface area contributed by atoms with E-state index in [2.05, 4.69) is 14.8 Å². The van der Waals surface area contributed by atoms with Crippen molar-refractivity contribution in [3.8, 4) is 17.2 Å². The highest BCUT2D eigenvalue weighted by molar-refractivity contribution is 6.04. The number of hydrogen-bond donors (Lipinski definition) is 2. The van der Waals surface area contributed by atoms with Gasteiger partial charge in [-0.05, 0) is 50.2 Å². The molecule has 2 aromatic rings. The summed E-state index contributed by atoms with van der Waals surface area (Å²) in [7, 11) is 0. The number of nitrogens with one attached hydrogen (secondary N) is 1. The Hall–Kier alpha value is -3.60. The SMILES string of the molecule is CC1(C)Oc2ccc(NC(=O)c3ccc4c(c3)OC(F)(F)O4)cc2C2(COC(N)=N2)C12COC2. The molecule has 4 aliphatic rings. The van der Waals surface area contributed by atoms with E-state index in [9.17, 15) is 13.6 Å². The number of ether oxygens (including phenoxy) is 5. The predicted octanol–water partition coefficient (Wildman–Crippen LogP) is 2.99. The topological polar surface area (TPSA) is 114 Å². The molecule has 178 valence electrons. The summed E-state index contributed by atoms with van der Waals surface area (Å²) in [4.78, 5) is 17.6. The summed E-state index contributed by atoms with van der Waals surface area (Å²) in [5.74, 6) is -0.257. The molecule has 0 radical (unpaired) electrons. The van der Waals surface area contributed by atoms with Crippen LogP contribution in [0.1, 0.15) is 29.8 Å². The van der Waals surface area contributed by atoms with Crippen molar-refractivity contribution in [1.82, 2.24) is 0 Å². The summed E-state index contributed by atoms with van der Waals surface area (Å²) in [5.41, 5.74) is 5.27. The van der Waals surface area contributed by atoms with Gasteiger partial charge in [0.15, 0.2) is 11.5 Å². The molecule has 1 amide bonds. The third-order valence-corrected chi connectivity index (χ3v) is 7.08. The maximum Gasteiger partial charge on any atom is 0.586 e. The molecule has 9 nitrogen and oxygen atoms in total. The molecule has 3 N–H and O–H groups in total. The van der Waals surface area contributed by atoms with Crippen LogP contribution in [0.15, 0.2) is 41.4 Å². The van der Waals surface area contributed by atoms with Gasteiger partial charge in [-0.15, -0.1) is 8.78 Å². The Morgan fingerprint density at radius 2 is 1.74 bits per heavy atom. The lowest BCUT2D eigenvalue weighted by Crippen LogP contribution is -2.71. The van der Waals surface area contributed by atoms with Gasteiger partial charge in [0, 0.05) is 16.8 Å². The number of halogens is 2. The second-order valence-corrected chi connectivity index (χ2v) is 9.28. The Morgan fingerprint density at radius 3 is 2.41 bits per heavy atom. The van der Waals surface area contributed by atoms with Crippen molar-refractivity contribution in [2.24, 2.45) is 16.1 Å². The third kappa shape index (κ3) is 2.73. The lowest BCUT2D eigenvalue weighted by Gasteiger charge is -2.61. The average molecular weight is 473 g/mol. The van der Waals surface area contributed by atoms with Gasteiger partial charge in [0.2, 0.25) is 0 Å². The summed E-state index contributed by atoms with van der Waals surface area (Å²) < 4.78 is 53.0. The van der Waals surface area contributed by atoms with E-state index in [0.29, 0.717) is 24.7 Å². The highest BCUT2D eigenvalue weighted by atomic mass is 19.3. The van der Waals surface area contributed by atoms with Gasteiger partial charge in [0.25, 0.3) is 11.9 Å². The molecular weight excluding hydrogens is 452 g/mol. The Labute approximate surface area is 192 Å². The highest BCUT2D eigenvalue weighted by Crippen LogP contribution is 2.62. The van der Waals surface area contributed by atoms with Crippen LogP contribution in [-0.2, 0) is 15.0 Å². The monoisotopic (exact) mass is 473 g/mol. The molecule has 1 unspecified atom stereocenters. The number of benzene rings is 2. The molecule has 0 aromatic heterocycles. The molecule has 1 atom stereocenters.